The lowest BCUT2D eigenvalue weighted by Crippen LogP contribution is -2.27. The zero-order chi connectivity index (χ0) is 15.7. The van der Waals surface area contributed by atoms with Crippen molar-refractivity contribution >= 4 is 40.3 Å². The van der Waals surface area contributed by atoms with Crippen molar-refractivity contribution in [3.8, 4) is 17.2 Å². The molecule has 1 saturated heterocycles. The number of methoxy groups -OCH3 is 1. The van der Waals surface area contributed by atoms with E-state index in [2.05, 4.69) is 0 Å². The SMILES string of the molecule is CCN1C(=O)C(=Cc2cc(OC)c3c(c2)OCCO3)SC1=S. The summed E-state index contributed by atoms with van der Waals surface area (Å²) in [5.74, 6) is 1.76. The molecule has 1 amide bonds. The molecular weight excluding hydrogens is 322 g/mol. The number of hydrogen-bond acceptors (Lipinski definition) is 6. The highest BCUT2D eigenvalue weighted by atomic mass is 32.2. The topological polar surface area (TPSA) is 48.0 Å². The van der Waals surface area contributed by atoms with Crippen molar-refractivity contribution < 1.29 is 19.0 Å². The average Bonchev–Trinajstić information content (AvgIpc) is 2.80. The van der Waals surface area contributed by atoms with E-state index in [0.717, 1.165) is 5.56 Å². The Balaban J connectivity index is 1.97. The highest BCUT2D eigenvalue weighted by Gasteiger charge is 2.30. The first-order chi connectivity index (χ1) is 10.6. The van der Waals surface area contributed by atoms with Crippen LogP contribution in [0.2, 0.25) is 0 Å². The van der Waals surface area contributed by atoms with E-state index < -0.39 is 0 Å². The first-order valence-corrected chi connectivity index (χ1v) is 8.09. The van der Waals surface area contributed by atoms with Crippen LogP contribution in [0.5, 0.6) is 17.2 Å². The molecule has 0 atom stereocenters. The third kappa shape index (κ3) is 2.66. The molecule has 5 nitrogen and oxygen atoms in total. The van der Waals surface area contributed by atoms with Gasteiger partial charge in [-0.15, -0.1) is 0 Å². The van der Waals surface area contributed by atoms with Crippen molar-refractivity contribution in [2.24, 2.45) is 0 Å². The van der Waals surface area contributed by atoms with Gasteiger partial charge in [0.05, 0.1) is 12.0 Å². The number of thioether (sulfide) groups is 1. The largest absolute Gasteiger partial charge is 0.493 e. The molecule has 2 aliphatic heterocycles. The Morgan fingerprint density at radius 2 is 2.18 bits per heavy atom. The fourth-order valence-corrected chi connectivity index (χ4v) is 3.68. The summed E-state index contributed by atoms with van der Waals surface area (Å²) in [5, 5.41) is 0. The van der Waals surface area contributed by atoms with Gasteiger partial charge in [-0.3, -0.25) is 9.69 Å². The van der Waals surface area contributed by atoms with Crippen LogP contribution in [-0.2, 0) is 4.79 Å². The van der Waals surface area contributed by atoms with Crippen LogP contribution in [0.3, 0.4) is 0 Å². The Labute approximate surface area is 138 Å². The Morgan fingerprint density at radius 1 is 1.41 bits per heavy atom. The molecule has 1 aromatic carbocycles. The second-order valence-corrected chi connectivity index (χ2v) is 6.35. The molecule has 1 aromatic rings. The van der Waals surface area contributed by atoms with E-state index in [1.54, 1.807) is 18.1 Å². The molecule has 1 fully saturated rings. The summed E-state index contributed by atoms with van der Waals surface area (Å²) < 4.78 is 17.1. The Morgan fingerprint density at radius 3 is 2.86 bits per heavy atom. The van der Waals surface area contributed by atoms with Gasteiger partial charge in [0, 0.05) is 6.54 Å². The van der Waals surface area contributed by atoms with E-state index >= 15 is 0 Å². The van der Waals surface area contributed by atoms with Crippen LogP contribution in [0.15, 0.2) is 17.0 Å². The van der Waals surface area contributed by atoms with Gasteiger partial charge in [0.15, 0.2) is 11.5 Å². The first kappa shape index (κ1) is 15.2. The molecule has 0 unspecified atom stereocenters. The zero-order valence-corrected chi connectivity index (χ0v) is 13.9. The number of ether oxygens (including phenoxy) is 3. The van der Waals surface area contributed by atoms with Gasteiger partial charge in [0.2, 0.25) is 5.75 Å². The van der Waals surface area contributed by atoms with Gasteiger partial charge in [0.1, 0.15) is 17.5 Å². The molecule has 0 aromatic heterocycles. The van der Waals surface area contributed by atoms with E-state index in [1.165, 1.54) is 11.8 Å². The average molecular weight is 337 g/mol. The summed E-state index contributed by atoms with van der Waals surface area (Å²) in [5.41, 5.74) is 0.817. The van der Waals surface area contributed by atoms with E-state index in [9.17, 15) is 4.79 Å². The summed E-state index contributed by atoms with van der Waals surface area (Å²) in [4.78, 5) is 14.4. The van der Waals surface area contributed by atoms with Gasteiger partial charge in [-0.1, -0.05) is 24.0 Å². The minimum Gasteiger partial charge on any atom is -0.493 e. The number of likely N-dealkylation sites (N-methyl/N-ethyl adjacent to an activating group) is 1. The highest BCUT2D eigenvalue weighted by molar-refractivity contribution is 8.26. The van der Waals surface area contributed by atoms with Crippen LogP contribution < -0.4 is 14.2 Å². The number of thiocarbonyl (C=S) groups is 1. The number of amides is 1. The van der Waals surface area contributed by atoms with Crippen molar-refractivity contribution in [2.75, 3.05) is 26.9 Å². The number of benzene rings is 1. The van der Waals surface area contributed by atoms with Crippen molar-refractivity contribution in [1.82, 2.24) is 4.90 Å². The quantitative estimate of drug-likeness (QED) is 0.624. The summed E-state index contributed by atoms with van der Waals surface area (Å²) in [6.45, 7) is 3.47. The second kappa shape index (κ2) is 6.18. The molecule has 7 heteroatoms. The van der Waals surface area contributed by atoms with Gasteiger partial charge in [-0.25, -0.2) is 0 Å². The molecule has 22 heavy (non-hydrogen) atoms. The maximum absolute atomic E-state index is 12.3. The maximum Gasteiger partial charge on any atom is 0.266 e. The van der Waals surface area contributed by atoms with Gasteiger partial charge in [-0.05, 0) is 30.7 Å². The molecule has 2 aliphatic rings. The number of carbonyl (C=O) groups is 1. The molecule has 0 radical (unpaired) electrons. The summed E-state index contributed by atoms with van der Waals surface area (Å²) >= 11 is 6.52. The van der Waals surface area contributed by atoms with Crippen LogP contribution in [0.25, 0.3) is 6.08 Å². The normalized spacial score (nSPS) is 19.0. The predicted octanol–water partition coefficient (Wildman–Crippen LogP) is 2.69. The third-order valence-corrected chi connectivity index (χ3v) is 4.72. The van der Waals surface area contributed by atoms with Crippen molar-refractivity contribution in [1.29, 1.82) is 0 Å². The second-order valence-electron chi connectivity index (χ2n) is 4.67. The van der Waals surface area contributed by atoms with Gasteiger partial charge in [0.25, 0.3) is 5.91 Å². The highest BCUT2D eigenvalue weighted by Crippen LogP contribution is 2.41. The molecule has 116 valence electrons. The fourth-order valence-electron chi connectivity index (χ4n) is 2.30. The van der Waals surface area contributed by atoms with Crippen LogP contribution >= 0.6 is 24.0 Å². The molecule has 0 saturated carbocycles. The minimum absolute atomic E-state index is 0.0636. The number of fused-ring (bicyclic) bond motifs is 1. The Hall–Kier alpha value is -1.73. The minimum atomic E-state index is -0.0636. The van der Waals surface area contributed by atoms with Crippen molar-refractivity contribution in [3.63, 3.8) is 0 Å². The first-order valence-electron chi connectivity index (χ1n) is 6.87. The van der Waals surface area contributed by atoms with Crippen LogP contribution in [-0.4, -0.2) is 42.0 Å². The Bertz CT molecular complexity index is 655. The van der Waals surface area contributed by atoms with Gasteiger partial charge >= 0.3 is 0 Å². The number of nitrogens with zero attached hydrogens (tertiary/aromatic N) is 1. The number of hydrogen-bond donors (Lipinski definition) is 0. The summed E-state index contributed by atoms with van der Waals surface area (Å²) in [6.07, 6.45) is 1.80. The lowest BCUT2D eigenvalue weighted by molar-refractivity contribution is -0.121. The molecule has 2 heterocycles. The maximum atomic E-state index is 12.3. The summed E-state index contributed by atoms with van der Waals surface area (Å²) in [7, 11) is 1.58. The number of rotatable bonds is 3. The van der Waals surface area contributed by atoms with Crippen molar-refractivity contribution in [2.45, 2.75) is 6.92 Å². The standard InChI is InChI=1S/C15H15NO4S2/c1-3-16-14(17)12(22-15(16)21)8-9-6-10(18-2)13-11(7-9)19-4-5-20-13/h6-8H,3-5H2,1-2H3. The smallest absolute Gasteiger partial charge is 0.266 e. The van der Waals surface area contributed by atoms with Crippen LogP contribution in [0, 0.1) is 0 Å². The zero-order valence-electron chi connectivity index (χ0n) is 12.3. The van der Waals surface area contributed by atoms with E-state index in [1.807, 2.05) is 19.1 Å². The molecular formula is C15H15NO4S2. The third-order valence-electron chi connectivity index (χ3n) is 3.34. The van der Waals surface area contributed by atoms with E-state index in [-0.39, 0.29) is 5.91 Å². The summed E-state index contributed by atoms with van der Waals surface area (Å²) in [6, 6.07) is 3.67. The molecule has 0 aliphatic carbocycles. The van der Waals surface area contributed by atoms with Crippen LogP contribution in [0.4, 0.5) is 0 Å². The predicted molar refractivity (Wildman–Crippen MR) is 89.5 cm³/mol. The molecule has 3 rings (SSSR count). The number of carbonyl (C=O) groups excluding carboxylic acids is 1. The monoisotopic (exact) mass is 337 g/mol. The molecule has 0 N–H and O–H groups in total. The van der Waals surface area contributed by atoms with Gasteiger partial charge < -0.3 is 14.2 Å². The molecule has 0 bridgehead atoms. The molecule has 0 spiro atoms. The van der Waals surface area contributed by atoms with Gasteiger partial charge in [-0.2, -0.15) is 0 Å². The fraction of sp³-hybridized carbons (Fsp3) is 0.333. The van der Waals surface area contributed by atoms with Crippen LogP contribution in [0.1, 0.15) is 12.5 Å². The van der Waals surface area contributed by atoms with E-state index in [0.29, 0.717) is 46.2 Å². The van der Waals surface area contributed by atoms with E-state index in [4.69, 9.17) is 26.4 Å². The lowest BCUT2D eigenvalue weighted by atomic mass is 10.1. The van der Waals surface area contributed by atoms with Crippen molar-refractivity contribution in [3.05, 3.63) is 22.6 Å². The lowest BCUT2D eigenvalue weighted by Gasteiger charge is -2.21. The Kier molecular flexibility index (Phi) is 4.26.